The van der Waals surface area contributed by atoms with Crippen LogP contribution in [0.15, 0.2) is 16.9 Å². The Balaban J connectivity index is 1.05. The summed E-state index contributed by atoms with van der Waals surface area (Å²) in [4.78, 5) is 57.9. The second-order valence-corrected chi connectivity index (χ2v) is 13.2. The molecule has 0 spiro atoms. The highest BCUT2D eigenvalue weighted by Gasteiger charge is 2.60. The van der Waals surface area contributed by atoms with Gasteiger partial charge in [-0.15, -0.1) is 16.9 Å². The van der Waals surface area contributed by atoms with Crippen LogP contribution in [0, 0.1) is 11.8 Å². The number of tetrazole rings is 1. The zero-order valence-electron chi connectivity index (χ0n) is 23.8. The number of aliphatic carboxylic acids is 1. The Hall–Kier alpha value is -3.08. The fraction of sp³-hybridized carbons (Fsp3) is 0.731. The number of fused-ring (bicyclic) bond motifs is 1. The van der Waals surface area contributed by atoms with Gasteiger partial charge < -0.3 is 30.9 Å². The van der Waals surface area contributed by atoms with Crippen molar-refractivity contribution < 1.29 is 24.3 Å². The number of nitrogens with one attached hydrogen (secondary N) is 3. The standard InChI is InChI=1S/C26H38N10O5S/c1-14-21-20(15(2)30-19(37)12-35-13-29-31-32-35)25(39)36(21)22(26(40)41)23(14)42-17-9-18(28-11-17)24(38)34-7-5-33(6-8-34)16-3-4-27-10-16/h13-18,20-21,27-28H,3-12H2,1-2H3,(H,30,37)(H,40,41)/t14-,15-,16+,17+,18+,20-,21-/m1/s1. The Morgan fingerprint density at radius 3 is 2.67 bits per heavy atom. The Kier molecular flexibility index (Phi) is 8.22. The number of aromatic nitrogens is 4. The molecule has 6 heterocycles. The van der Waals surface area contributed by atoms with E-state index in [-0.39, 0.29) is 53.2 Å². The normalized spacial score (nSPS) is 32.2. The highest BCUT2D eigenvalue weighted by atomic mass is 32.2. The van der Waals surface area contributed by atoms with Crippen molar-refractivity contribution >= 4 is 35.5 Å². The summed E-state index contributed by atoms with van der Waals surface area (Å²) in [5, 5.41) is 30.4. The number of thioether (sulfide) groups is 1. The van der Waals surface area contributed by atoms with Crippen LogP contribution in [0.5, 0.6) is 0 Å². The summed E-state index contributed by atoms with van der Waals surface area (Å²) in [6.45, 7) is 9.50. The first-order valence-corrected chi connectivity index (χ1v) is 15.5. The third kappa shape index (κ3) is 5.40. The van der Waals surface area contributed by atoms with Crippen LogP contribution >= 0.6 is 11.8 Å². The van der Waals surface area contributed by atoms with Crippen molar-refractivity contribution in [3.05, 3.63) is 16.9 Å². The van der Waals surface area contributed by atoms with E-state index in [0.717, 1.165) is 45.7 Å². The monoisotopic (exact) mass is 602 g/mol. The summed E-state index contributed by atoms with van der Waals surface area (Å²) in [5.74, 6) is -2.42. The van der Waals surface area contributed by atoms with E-state index in [9.17, 15) is 24.3 Å². The number of carbonyl (C=O) groups excluding carboxylic acids is 3. The second-order valence-electron chi connectivity index (χ2n) is 11.8. The summed E-state index contributed by atoms with van der Waals surface area (Å²) in [5.41, 5.74) is 0.0262. The van der Waals surface area contributed by atoms with Gasteiger partial charge in [0.05, 0.1) is 18.0 Å². The number of carboxylic acid groups (broad SMARTS) is 1. The van der Waals surface area contributed by atoms with Gasteiger partial charge in [-0.05, 0) is 36.7 Å². The highest BCUT2D eigenvalue weighted by molar-refractivity contribution is 8.03. The van der Waals surface area contributed by atoms with Crippen molar-refractivity contribution in [2.45, 2.75) is 62.7 Å². The molecule has 4 saturated heterocycles. The van der Waals surface area contributed by atoms with Crippen LogP contribution in [0.3, 0.4) is 0 Å². The number of piperazine rings is 1. The predicted molar refractivity (Wildman–Crippen MR) is 151 cm³/mol. The van der Waals surface area contributed by atoms with E-state index in [0.29, 0.717) is 23.9 Å². The Morgan fingerprint density at radius 2 is 2.00 bits per heavy atom. The molecule has 4 fully saturated rings. The van der Waals surface area contributed by atoms with Crippen LogP contribution in [0.2, 0.25) is 0 Å². The molecule has 0 aliphatic carbocycles. The number of hydrogen-bond donors (Lipinski definition) is 4. The maximum atomic E-state index is 13.3. The van der Waals surface area contributed by atoms with E-state index in [1.165, 1.54) is 27.7 Å². The van der Waals surface area contributed by atoms with Crippen LogP contribution in [0.4, 0.5) is 0 Å². The molecular weight excluding hydrogens is 564 g/mol. The van der Waals surface area contributed by atoms with Gasteiger partial charge >= 0.3 is 5.97 Å². The number of β-lactam (4-membered cyclic amide) rings is 1. The molecule has 3 amide bonds. The number of nitrogens with zero attached hydrogens (tertiary/aromatic N) is 7. The molecule has 5 aliphatic heterocycles. The van der Waals surface area contributed by atoms with Crippen molar-refractivity contribution in [3.8, 4) is 0 Å². The maximum Gasteiger partial charge on any atom is 0.353 e. The van der Waals surface area contributed by atoms with E-state index in [1.807, 2.05) is 11.8 Å². The SMILES string of the molecule is C[C@@H](NC(=O)Cn1cnnn1)[C@H]1C(=O)N2C(C(=O)O)=C(S[C@@H]3CN[C@H](C(=O)N4CCN([C@H]5CCNC5)CC4)C3)[C@H](C)[C@H]12. The zero-order chi connectivity index (χ0) is 29.5. The summed E-state index contributed by atoms with van der Waals surface area (Å²) in [6.07, 6.45) is 3.09. The van der Waals surface area contributed by atoms with E-state index in [1.54, 1.807) is 6.92 Å². The molecule has 0 saturated carbocycles. The molecule has 0 unspecified atom stereocenters. The molecule has 6 rings (SSSR count). The number of hydrogen-bond acceptors (Lipinski definition) is 11. The first-order chi connectivity index (χ1) is 20.2. The van der Waals surface area contributed by atoms with Gasteiger partial charge in [-0.1, -0.05) is 6.92 Å². The number of carbonyl (C=O) groups is 4. The van der Waals surface area contributed by atoms with Crippen molar-refractivity contribution in [1.82, 2.24) is 50.9 Å². The van der Waals surface area contributed by atoms with Gasteiger partial charge in [0.2, 0.25) is 17.7 Å². The summed E-state index contributed by atoms with van der Waals surface area (Å²) in [6, 6.07) is -0.584. The molecule has 228 valence electrons. The first-order valence-electron chi connectivity index (χ1n) is 14.7. The van der Waals surface area contributed by atoms with Gasteiger partial charge in [-0.25, -0.2) is 9.48 Å². The second kappa shape index (κ2) is 11.9. The van der Waals surface area contributed by atoms with Gasteiger partial charge in [0.1, 0.15) is 18.6 Å². The lowest BCUT2D eigenvalue weighted by molar-refractivity contribution is -0.158. The Labute approximate surface area is 247 Å². The van der Waals surface area contributed by atoms with Crippen LogP contribution < -0.4 is 16.0 Å². The van der Waals surface area contributed by atoms with E-state index < -0.39 is 17.9 Å². The summed E-state index contributed by atoms with van der Waals surface area (Å²) >= 11 is 1.47. The van der Waals surface area contributed by atoms with E-state index in [4.69, 9.17) is 0 Å². The highest BCUT2D eigenvalue weighted by Crippen LogP contribution is 2.51. The maximum absolute atomic E-state index is 13.3. The van der Waals surface area contributed by atoms with Crippen LogP contribution in [-0.4, -0.2) is 139 Å². The molecule has 7 atom stereocenters. The van der Waals surface area contributed by atoms with Crippen LogP contribution in [0.25, 0.3) is 0 Å². The van der Waals surface area contributed by atoms with Gasteiger partial charge in [0, 0.05) is 67.4 Å². The molecule has 0 radical (unpaired) electrons. The molecule has 0 bridgehead atoms. The number of carboxylic acids is 1. The third-order valence-electron chi connectivity index (χ3n) is 9.27. The zero-order valence-corrected chi connectivity index (χ0v) is 24.6. The smallest absolute Gasteiger partial charge is 0.353 e. The third-order valence-corrected chi connectivity index (χ3v) is 10.8. The van der Waals surface area contributed by atoms with Crippen LogP contribution in [0.1, 0.15) is 26.7 Å². The van der Waals surface area contributed by atoms with Gasteiger partial charge in [0.25, 0.3) is 0 Å². The molecule has 5 aliphatic rings. The molecule has 1 aromatic rings. The topological polar surface area (TPSA) is 178 Å². The van der Waals surface area contributed by atoms with Crippen molar-refractivity contribution in [2.24, 2.45) is 11.8 Å². The number of amides is 3. The van der Waals surface area contributed by atoms with Gasteiger partial charge in [-0.3, -0.25) is 19.3 Å². The molecule has 0 aromatic carbocycles. The summed E-state index contributed by atoms with van der Waals surface area (Å²) < 4.78 is 1.29. The largest absolute Gasteiger partial charge is 0.477 e. The van der Waals surface area contributed by atoms with Gasteiger partial charge in [-0.2, -0.15) is 0 Å². The molecule has 16 heteroatoms. The lowest BCUT2D eigenvalue weighted by Crippen LogP contribution is -2.66. The molecule has 4 N–H and O–H groups in total. The van der Waals surface area contributed by atoms with E-state index in [2.05, 4.69) is 36.4 Å². The summed E-state index contributed by atoms with van der Waals surface area (Å²) in [7, 11) is 0. The predicted octanol–water partition coefficient (Wildman–Crippen LogP) is -2.08. The number of rotatable bonds is 9. The van der Waals surface area contributed by atoms with Crippen molar-refractivity contribution in [2.75, 3.05) is 45.8 Å². The fourth-order valence-corrected chi connectivity index (χ4v) is 8.60. The lowest BCUT2D eigenvalue weighted by Gasteiger charge is -2.47. The Morgan fingerprint density at radius 1 is 1.21 bits per heavy atom. The minimum atomic E-state index is -1.14. The minimum absolute atomic E-state index is 0.0114. The molecule has 42 heavy (non-hydrogen) atoms. The van der Waals surface area contributed by atoms with Crippen LogP contribution in [-0.2, 0) is 25.7 Å². The average molecular weight is 603 g/mol. The van der Waals surface area contributed by atoms with E-state index >= 15 is 0 Å². The molecule has 1 aromatic heterocycles. The minimum Gasteiger partial charge on any atom is -0.477 e. The molecule has 15 nitrogen and oxygen atoms in total. The fourth-order valence-electron chi connectivity index (χ4n) is 7.13. The molecular formula is C26H38N10O5S. The van der Waals surface area contributed by atoms with Crippen molar-refractivity contribution in [3.63, 3.8) is 0 Å². The Bertz CT molecular complexity index is 1250. The van der Waals surface area contributed by atoms with Gasteiger partial charge in [0.15, 0.2) is 0 Å². The average Bonchev–Trinajstić information content (AvgIpc) is 3.78. The first kappa shape index (κ1) is 29.0. The lowest BCUT2D eigenvalue weighted by atomic mass is 9.78. The quantitative estimate of drug-likeness (QED) is 0.227. The van der Waals surface area contributed by atoms with Crippen molar-refractivity contribution in [1.29, 1.82) is 0 Å².